The number of pyridine rings is 1. The number of rotatable bonds is 6. The number of carbonyl (C=O) groups excluding carboxylic acids is 2. The number of amides is 1. The summed E-state index contributed by atoms with van der Waals surface area (Å²) in [5.41, 5.74) is 2.21. The van der Waals surface area contributed by atoms with Crippen molar-refractivity contribution in [2.45, 2.75) is 65.1 Å². The number of hydrogen-bond donors (Lipinski definition) is 1. The van der Waals surface area contributed by atoms with Crippen LogP contribution in [0.15, 0.2) is 34.9 Å². The minimum absolute atomic E-state index is 0.200. The van der Waals surface area contributed by atoms with Gasteiger partial charge in [0.1, 0.15) is 23.1 Å². The molecule has 1 amide bonds. The first-order chi connectivity index (χ1) is 15.6. The van der Waals surface area contributed by atoms with Gasteiger partial charge in [0.05, 0.1) is 7.11 Å². The second kappa shape index (κ2) is 10.7. The van der Waals surface area contributed by atoms with E-state index in [1.807, 2.05) is 45.9 Å². The predicted octanol–water partition coefficient (Wildman–Crippen LogP) is 5.11. The second-order valence-electron chi connectivity index (χ2n) is 9.26. The van der Waals surface area contributed by atoms with Crippen molar-refractivity contribution in [2.24, 2.45) is 0 Å². The molecule has 3 rings (SSSR count). The smallest absolute Gasteiger partial charge is 0.323 e. The highest BCUT2D eigenvalue weighted by Crippen LogP contribution is 2.27. The van der Waals surface area contributed by atoms with E-state index in [0.29, 0.717) is 18.0 Å². The molecule has 0 unspecified atom stereocenters. The summed E-state index contributed by atoms with van der Waals surface area (Å²) in [7, 11) is 1.57. The summed E-state index contributed by atoms with van der Waals surface area (Å²) in [6.45, 7) is 8.85. The van der Waals surface area contributed by atoms with Gasteiger partial charge in [-0.25, -0.2) is 0 Å². The molecule has 0 aliphatic carbocycles. The third-order valence-electron chi connectivity index (χ3n) is 5.58. The maximum Gasteiger partial charge on any atom is 0.323 e. The summed E-state index contributed by atoms with van der Waals surface area (Å²) in [4.78, 5) is 32.1. The van der Waals surface area contributed by atoms with Crippen LogP contribution in [0, 0.1) is 6.92 Å². The fraction of sp³-hybridized carbons (Fsp3) is 0.480. The van der Waals surface area contributed by atoms with Crippen LogP contribution in [0.2, 0.25) is 0 Å². The van der Waals surface area contributed by atoms with Gasteiger partial charge in [-0.2, -0.15) is 0 Å². The quantitative estimate of drug-likeness (QED) is 0.536. The van der Waals surface area contributed by atoms with Gasteiger partial charge in [-0.3, -0.25) is 19.5 Å². The summed E-state index contributed by atoms with van der Waals surface area (Å²) >= 11 is 3.48. The Morgan fingerprint density at radius 3 is 2.73 bits per heavy atom. The average molecular weight is 518 g/mol. The summed E-state index contributed by atoms with van der Waals surface area (Å²) in [6.07, 6.45) is 4.42. The minimum Gasteiger partial charge on any atom is -0.496 e. The fourth-order valence-electron chi connectivity index (χ4n) is 3.86. The van der Waals surface area contributed by atoms with E-state index in [0.717, 1.165) is 41.4 Å². The zero-order chi connectivity index (χ0) is 24.2. The van der Waals surface area contributed by atoms with Crippen molar-refractivity contribution in [3.63, 3.8) is 0 Å². The molecule has 33 heavy (non-hydrogen) atoms. The molecule has 1 aromatic heterocycles. The van der Waals surface area contributed by atoms with Crippen LogP contribution in [0.1, 0.15) is 61.6 Å². The maximum atomic E-state index is 12.8. The lowest BCUT2D eigenvalue weighted by Gasteiger charge is -2.35. The highest BCUT2D eigenvalue weighted by molar-refractivity contribution is 9.10. The van der Waals surface area contributed by atoms with Crippen molar-refractivity contribution in [1.82, 2.24) is 9.88 Å². The van der Waals surface area contributed by atoms with Crippen LogP contribution in [-0.2, 0) is 16.1 Å². The van der Waals surface area contributed by atoms with Crippen molar-refractivity contribution >= 4 is 33.5 Å². The number of anilines is 1. The zero-order valence-corrected chi connectivity index (χ0v) is 21.5. The Morgan fingerprint density at radius 2 is 2.03 bits per heavy atom. The highest BCUT2D eigenvalue weighted by atomic mass is 79.9. The number of benzene rings is 1. The minimum atomic E-state index is -0.527. The summed E-state index contributed by atoms with van der Waals surface area (Å²) in [5, 5.41) is 2.90. The topological polar surface area (TPSA) is 80.8 Å². The summed E-state index contributed by atoms with van der Waals surface area (Å²) in [6, 6.07) is 6.97. The third kappa shape index (κ3) is 6.54. The molecule has 0 spiro atoms. The molecule has 1 aromatic carbocycles. The summed E-state index contributed by atoms with van der Waals surface area (Å²) < 4.78 is 12.1. The first kappa shape index (κ1) is 25.2. The molecule has 1 atom stereocenters. The van der Waals surface area contributed by atoms with Gasteiger partial charge >= 0.3 is 5.97 Å². The van der Waals surface area contributed by atoms with E-state index >= 15 is 0 Å². The van der Waals surface area contributed by atoms with E-state index in [2.05, 4.69) is 31.1 Å². The van der Waals surface area contributed by atoms with E-state index < -0.39 is 5.60 Å². The molecule has 2 aromatic rings. The van der Waals surface area contributed by atoms with Crippen LogP contribution in [0.5, 0.6) is 5.75 Å². The lowest BCUT2D eigenvalue weighted by molar-refractivity contribution is -0.163. The van der Waals surface area contributed by atoms with Crippen molar-refractivity contribution in [2.75, 3.05) is 19.0 Å². The van der Waals surface area contributed by atoms with E-state index in [1.54, 1.807) is 19.4 Å². The van der Waals surface area contributed by atoms with Gasteiger partial charge in [-0.05, 0) is 64.8 Å². The molecule has 1 aliphatic rings. The first-order valence-corrected chi connectivity index (χ1v) is 11.9. The molecule has 2 heterocycles. The molecule has 1 fully saturated rings. The Hall–Kier alpha value is -2.45. The first-order valence-electron chi connectivity index (χ1n) is 11.2. The van der Waals surface area contributed by atoms with Crippen molar-refractivity contribution in [3.05, 3.63) is 51.8 Å². The molecule has 1 aliphatic heterocycles. The Labute approximate surface area is 204 Å². The van der Waals surface area contributed by atoms with Crippen molar-refractivity contribution in [3.8, 4) is 5.75 Å². The molecule has 0 saturated carbocycles. The van der Waals surface area contributed by atoms with Gasteiger partial charge in [0.15, 0.2) is 0 Å². The molecular weight excluding hydrogens is 486 g/mol. The molecule has 1 saturated heterocycles. The molecule has 0 radical (unpaired) electrons. The molecule has 178 valence electrons. The van der Waals surface area contributed by atoms with Crippen LogP contribution < -0.4 is 10.1 Å². The molecule has 1 N–H and O–H groups in total. The molecule has 0 bridgehead atoms. The number of ether oxygens (including phenoxy) is 2. The van der Waals surface area contributed by atoms with Gasteiger partial charge in [0, 0.05) is 34.5 Å². The second-order valence-corrected chi connectivity index (χ2v) is 10.1. The largest absolute Gasteiger partial charge is 0.496 e. The number of carbonyl (C=O) groups is 2. The normalized spacial score (nSPS) is 16.8. The van der Waals surface area contributed by atoms with Gasteiger partial charge in [0.2, 0.25) is 0 Å². The van der Waals surface area contributed by atoms with Gasteiger partial charge in [-0.1, -0.05) is 28.4 Å². The average Bonchev–Trinajstić information content (AvgIpc) is 2.76. The number of piperidine rings is 1. The zero-order valence-electron chi connectivity index (χ0n) is 19.9. The third-order valence-corrected chi connectivity index (χ3v) is 6.44. The van der Waals surface area contributed by atoms with Crippen molar-refractivity contribution in [1.29, 1.82) is 0 Å². The van der Waals surface area contributed by atoms with Crippen LogP contribution >= 0.6 is 15.9 Å². The molecular formula is C25H32BrN3O4. The monoisotopic (exact) mass is 517 g/mol. The SMILES string of the molecule is COc1cc(C(=O)Nc2cccc(Br)c2C)ncc1CN1CCCC[C@H]1C(=O)OC(C)(C)C. The van der Waals surface area contributed by atoms with Gasteiger partial charge < -0.3 is 14.8 Å². The van der Waals surface area contributed by atoms with E-state index in [4.69, 9.17) is 9.47 Å². The number of halogens is 1. The van der Waals surface area contributed by atoms with Crippen LogP contribution in [0.3, 0.4) is 0 Å². The van der Waals surface area contributed by atoms with E-state index in [1.165, 1.54) is 0 Å². The Kier molecular flexibility index (Phi) is 8.13. The maximum absolute atomic E-state index is 12.8. The number of nitrogens with zero attached hydrogens (tertiary/aromatic N) is 2. The number of likely N-dealkylation sites (tertiary alicyclic amines) is 1. The molecule has 8 heteroatoms. The highest BCUT2D eigenvalue weighted by Gasteiger charge is 2.33. The lowest BCUT2D eigenvalue weighted by Crippen LogP contribution is -2.46. The lowest BCUT2D eigenvalue weighted by atomic mass is 10.0. The van der Waals surface area contributed by atoms with Gasteiger partial charge in [0.25, 0.3) is 5.91 Å². The van der Waals surface area contributed by atoms with E-state index in [9.17, 15) is 9.59 Å². The Bertz CT molecular complexity index is 1020. The van der Waals surface area contributed by atoms with Gasteiger partial charge in [-0.15, -0.1) is 0 Å². The standard InChI is InChI=1S/C25H32BrN3O4/c1-16-18(26)9-8-10-19(16)28-23(30)20-13-22(32-5)17(14-27-20)15-29-12-7-6-11-21(29)24(31)33-25(2,3)4/h8-10,13-14,21H,6-7,11-12,15H2,1-5H3,(H,28,30)/t21-/m0/s1. The number of nitrogens with one attached hydrogen (secondary N) is 1. The predicted molar refractivity (Wildman–Crippen MR) is 132 cm³/mol. The number of esters is 1. The van der Waals surface area contributed by atoms with Crippen LogP contribution in [0.25, 0.3) is 0 Å². The van der Waals surface area contributed by atoms with Crippen LogP contribution in [-0.4, -0.2) is 47.1 Å². The number of aromatic nitrogens is 1. The number of methoxy groups -OCH3 is 1. The Balaban J connectivity index is 1.76. The Morgan fingerprint density at radius 1 is 1.27 bits per heavy atom. The van der Waals surface area contributed by atoms with Crippen LogP contribution in [0.4, 0.5) is 5.69 Å². The van der Waals surface area contributed by atoms with Crippen molar-refractivity contribution < 1.29 is 19.1 Å². The summed E-state index contributed by atoms with van der Waals surface area (Å²) in [5.74, 6) is 0.0507. The molecule has 7 nitrogen and oxygen atoms in total. The fourth-order valence-corrected chi connectivity index (χ4v) is 4.23. The number of hydrogen-bond acceptors (Lipinski definition) is 6. The van der Waals surface area contributed by atoms with E-state index in [-0.39, 0.29) is 23.6 Å².